The SMILES string of the molecule is CCCNC(c1ccc(F)cc1)c1cc(C)ccc1OC. The van der Waals surface area contributed by atoms with Crippen molar-refractivity contribution < 1.29 is 9.13 Å². The van der Waals surface area contributed by atoms with Crippen molar-refractivity contribution in [3.05, 3.63) is 65.0 Å². The van der Waals surface area contributed by atoms with E-state index in [0.717, 1.165) is 29.8 Å². The summed E-state index contributed by atoms with van der Waals surface area (Å²) in [6, 6.07) is 12.8. The predicted molar refractivity (Wildman–Crippen MR) is 84.3 cm³/mol. The number of methoxy groups -OCH3 is 1. The summed E-state index contributed by atoms with van der Waals surface area (Å²) >= 11 is 0. The molecule has 0 bridgehead atoms. The van der Waals surface area contributed by atoms with Crippen LogP contribution in [0.5, 0.6) is 5.75 Å². The molecule has 0 radical (unpaired) electrons. The van der Waals surface area contributed by atoms with Crippen LogP contribution in [-0.4, -0.2) is 13.7 Å². The fourth-order valence-electron chi connectivity index (χ4n) is 2.43. The molecule has 0 aromatic heterocycles. The largest absolute Gasteiger partial charge is 0.496 e. The Labute approximate surface area is 126 Å². The molecule has 0 aliphatic carbocycles. The van der Waals surface area contributed by atoms with Gasteiger partial charge in [-0.15, -0.1) is 0 Å². The lowest BCUT2D eigenvalue weighted by Crippen LogP contribution is -2.23. The van der Waals surface area contributed by atoms with Crippen molar-refractivity contribution in [3.63, 3.8) is 0 Å². The summed E-state index contributed by atoms with van der Waals surface area (Å²) in [4.78, 5) is 0. The van der Waals surface area contributed by atoms with Crippen molar-refractivity contribution in [1.82, 2.24) is 5.32 Å². The lowest BCUT2D eigenvalue weighted by Gasteiger charge is -2.22. The Balaban J connectivity index is 2.44. The van der Waals surface area contributed by atoms with E-state index in [9.17, 15) is 4.39 Å². The van der Waals surface area contributed by atoms with Crippen molar-refractivity contribution in [2.24, 2.45) is 0 Å². The lowest BCUT2D eigenvalue weighted by molar-refractivity contribution is 0.403. The normalized spacial score (nSPS) is 12.2. The van der Waals surface area contributed by atoms with Crippen LogP contribution in [0.25, 0.3) is 0 Å². The average molecular weight is 287 g/mol. The molecule has 0 saturated carbocycles. The van der Waals surface area contributed by atoms with Crippen molar-refractivity contribution in [2.75, 3.05) is 13.7 Å². The number of aryl methyl sites for hydroxylation is 1. The Bertz CT molecular complexity index is 580. The number of benzene rings is 2. The minimum absolute atomic E-state index is 0.000370. The summed E-state index contributed by atoms with van der Waals surface area (Å²) in [5.74, 6) is 0.628. The van der Waals surface area contributed by atoms with Gasteiger partial charge in [-0.2, -0.15) is 0 Å². The molecule has 0 spiro atoms. The molecule has 3 heteroatoms. The highest BCUT2D eigenvalue weighted by Gasteiger charge is 2.18. The van der Waals surface area contributed by atoms with Crippen LogP contribution >= 0.6 is 0 Å². The minimum Gasteiger partial charge on any atom is -0.496 e. The van der Waals surface area contributed by atoms with E-state index in [4.69, 9.17) is 4.74 Å². The van der Waals surface area contributed by atoms with Gasteiger partial charge in [0.15, 0.2) is 0 Å². The van der Waals surface area contributed by atoms with Crippen molar-refractivity contribution >= 4 is 0 Å². The van der Waals surface area contributed by atoms with Gasteiger partial charge in [-0.25, -0.2) is 4.39 Å². The van der Waals surface area contributed by atoms with Crippen LogP contribution in [0.15, 0.2) is 42.5 Å². The summed E-state index contributed by atoms with van der Waals surface area (Å²) in [6.45, 7) is 5.08. The summed E-state index contributed by atoms with van der Waals surface area (Å²) in [5, 5.41) is 3.52. The van der Waals surface area contributed by atoms with E-state index < -0.39 is 0 Å². The monoisotopic (exact) mass is 287 g/mol. The smallest absolute Gasteiger partial charge is 0.123 e. The maximum atomic E-state index is 13.2. The van der Waals surface area contributed by atoms with Gasteiger partial charge in [0.25, 0.3) is 0 Å². The van der Waals surface area contributed by atoms with E-state index in [2.05, 4.69) is 25.2 Å². The standard InChI is InChI=1S/C18H22FNO/c1-4-11-20-18(14-6-8-15(19)9-7-14)16-12-13(2)5-10-17(16)21-3/h5-10,12,18,20H,4,11H2,1-3H3. The second-order valence-electron chi connectivity index (χ2n) is 5.18. The molecule has 2 nitrogen and oxygen atoms in total. The first-order chi connectivity index (χ1) is 10.2. The Hall–Kier alpha value is -1.87. The van der Waals surface area contributed by atoms with E-state index >= 15 is 0 Å². The molecule has 2 aromatic carbocycles. The van der Waals surface area contributed by atoms with Gasteiger partial charge in [0, 0.05) is 5.56 Å². The van der Waals surface area contributed by atoms with Gasteiger partial charge >= 0.3 is 0 Å². The van der Waals surface area contributed by atoms with Crippen molar-refractivity contribution in [2.45, 2.75) is 26.3 Å². The maximum absolute atomic E-state index is 13.2. The molecule has 0 fully saturated rings. The van der Waals surface area contributed by atoms with Gasteiger partial charge in [0.2, 0.25) is 0 Å². The molecule has 2 aromatic rings. The first-order valence-electron chi connectivity index (χ1n) is 7.29. The quantitative estimate of drug-likeness (QED) is 0.858. The zero-order valence-electron chi connectivity index (χ0n) is 12.8. The first-order valence-corrected chi connectivity index (χ1v) is 7.29. The Kier molecular flexibility index (Phi) is 5.34. The summed E-state index contributed by atoms with van der Waals surface area (Å²) < 4.78 is 18.7. The van der Waals surface area contributed by atoms with Gasteiger partial charge in [0.05, 0.1) is 13.2 Å². The number of rotatable bonds is 6. The molecular formula is C18H22FNO. The van der Waals surface area contributed by atoms with Gasteiger partial charge < -0.3 is 10.1 Å². The number of ether oxygens (including phenoxy) is 1. The third-order valence-corrected chi connectivity index (χ3v) is 3.50. The topological polar surface area (TPSA) is 21.3 Å². The van der Waals surface area contributed by atoms with Crippen LogP contribution in [0.3, 0.4) is 0 Å². The van der Waals surface area contributed by atoms with E-state index in [-0.39, 0.29) is 11.9 Å². The second kappa shape index (κ2) is 7.23. The Morgan fingerprint density at radius 2 is 1.86 bits per heavy atom. The van der Waals surface area contributed by atoms with Crippen LogP contribution < -0.4 is 10.1 Å². The molecule has 0 aliphatic rings. The second-order valence-corrected chi connectivity index (χ2v) is 5.18. The number of nitrogens with one attached hydrogen (secondary N) is 1. The molecule has 1 unspecified atom stereocenters. The minimum atomic E-state index is -0.218. The fraction of sp³-hybridized carbons (Fsp3) is 0.333. The van der Waals surface area contributed by atoms with Crippen LogP contribution in [-0.2, 0) is 0 Å². The number of hydrogen-bond donors (Lipinski definition) is 1. The van der Waals surface area contributed by atoms with Gasteiger partial charge in [-0.3, -0.25) is 0 Å². The third kappa shape index (κ3) is 3.82. The van der Waals surface area contributed by atoms with Crippen molar-refractivity contribution in [1.29, 1.82) is 0 Å². The molecule has 0 aliphatic heterocycles. The summed E-state index contributed by atoms with van der Waals surface area (Å²) in [6.07, 6.45) is 1.03. The van der Waals surface area contributed by atoms with E-state index in [1.165, 1.54) is 17.7 Å². The number of halogens is 1. The molecule has 0 saturated heterocycles. The average Bonchev–Trinajstić information content (AvgIpc) is 2.49. The van der Waals surface area contributed by atoms with Crippen LogP contribution in [0.2, 0.25) is 0 Å². The molecule has 112 valence electrons. The van der Waals surface area contributed by atoms with Gasteiger partial charge in [0.1, 0.15) is 11.6 Å². The highest BCUT2D eigenvalue weighted by molar-refractivity contribution is 5.43. The van der Waals surface area contributed by atoms with Gasteiger partial charge in [-0.1, -0.05) is 36.8 Å². The van der Waals surface area contributed by atoms with Crippen LogP contribution in [0, 0.1) is 12.7 Å². The van der Waals surface area contributed by atoms with Gasteiger partial charge in [-0.05, 0) is 43.7 Å². The molecule has 0 heterocycles. The molecule has 1 N–H and O–H groups in total. The van der Waals surface area contributed by atoms with Crippen LogP contribution in [0.4, 0.5) is 4.39 Å². The third-order valence-electron chi connectivity index (χ3n) is 3.50. The molecule has 1 atom stereocenters. The molecular weight excluding hydrogens is 265 g/mol. The molecule has 2 rings (SSSR count). The molecule has 21 heavy (non-hydrogen) atoms. The van der Waals surface area contributed by atoms with Crippen molar-refractivity contribution in [3.8, 4) is 5.75 Å². The summed E-state index contributed by atoms with van der Waals surface area (Å²) in [5.41, 5.74) is 3.29. The zero-order chi connectivity index (χ0) is 15.2. The maximum Gasteiger partial charge on any atom is 0.123 e. The van der Waals surface area contributed by atoms with Crippen LogP contribution in [0.1, 0.15) is 36.1 Å². The van der Waals surface area contributed by atoms with E-state index in [1.54, 1.807) is 7.11 Å². The highest BCUT2D eigenvalue weighted by Crippen LogP contribution is 2.31. The summed E-state index contributed by atoms with van der Waals surface area (Å²) in [7, 11) is 1.68. The number of hydrogen-bond acceptors (Lipinski definition) is 2. The zero-order valence-corrected chi connectivity index (χ0v) is 12.8. The fourth-order valence-corrected chi connectivity index (χ4v) is 2.43. The Morgan fingerprint density at radius 1 is 1.14 bits per heavy atom. The highest BCUT2D eigenvalue weighted by atomic mass is 19.1. The predicted octanol–water partition coefficient (Wildman–Crippen LogP) is 4.23. The molecule has 0 amide bonds. The van der Waals surface area contributed by atoms with E-state index in [0.29, 0.717) is 0 Å². The first kappa shape index (κ1) is 15.5. The van der Waals surface area contributed by atoms with E-state index in [1.807, 2.05) is 24.3 Å². The Morgan fingerprint density at radius 3 is 2.48 bits per heavy atom. The lowest BCUT2D eigenvalue weighted by atomic mass is 9.96.